The Morgan fingerprint density at radius 2 is 2.33 bits per heavy atom. The Morgan fingerprint density at radius 3 is 2.93 bits per heavy atom. The summed E-state index contributed by atoms with van der Waals surface area (Å²) < 4.78 is 0. The van der Waals surface area contributed by atoms with Crippen LogP contribution < -0.4 is 11.1 Å². The second-order valence-corrected chi connectivity index (χ2v) is 3.84. The SMILES string of the molecule is Cc1cnc(NC(C)CCCO)cc1N. The van der Waals surface area contributed by atoms with Gasteiger partial charge in [-0.15, -0.1) is 0 Å². The van der Waals surface area contributed by atoms with E-state index in [0.717, 1.165) is 29.9 Å². The lowest BCUT2D eigenvalue weighted by Gasteiger charge is -2.14. The molecule has 0 saturated carbocycles. The molecule has 0 radical (unpaired) electrons. The molecule has 4 nitrogen and oxygen atoms in total. The molecule has 0 spiro atoms. The maximum Gasteiger partial charge on any atom is 0.128 e. The minimum absolute atomic E-state index is 0.232. The van der Waals surface area contributed by atoms with E-state index in [4.69, 9.17) is 10.8 Å². The Bertz CT molecular complexity index is 315. The Balaban J connectivity index is 2.53. The van der Waals surface area contributed by atoms with E-state index in [2.05, 4.69) is 17.2 Å². The molecular weight excluding hydrogens is 190 g/mol. The van der Waals surface area contributed by atoms with Gasteiger partial charge < -0.3 is 16.2 Å². The van der Waals surface area contributed by atoms with E-state index in [1.807, 2.05) is 13.0 Å². The zero-order valence-electron chi connectivity index (χ0n) is 9.33. The van der Waals surface area contributed by atoms with Crippen LogP contribution in [0.3, 0.4) is 0 Å². The summed E-state index contributed by atoms with van der Waals surface area (Å²) in [4.78, 5) is 4.23. The van der Waals surface area contributed by atoms with Crippen molar-refractivity contribution in [3.63, 3.8) is 0 Å². The molecule has 0 amide bonds. The summed E-state index contributed by atoms with van der Waals surface area (Å²) in [6.45, 7) is 4.23. The van der Waals surface area contributed by atoms with E-state index in [1.165, 1.54) is 0 Å². The van der Waals surface area contributed by atoms with Gasteiger partial charge in [-0.2, -0.15) is 0 Å². The third-order valence-electron chi connectivity index (χ3n) is 2.33. The van der Waals surface area contributed by atoms with Crippen LogP contribution in [0.4, 0.5) is 11.5 Å². The Morgan fingerprint density at radius 1 is 1.60 bits per heavy atom. The average Bonchev–Trinajstić information content (AvgIpc) is 2.20. The van der Waals surface area contributed by atoms with E-state index >= 15 is 0 Å². The predicted molar refractivity (Wildman–Crippen MR) is 62.8 cm³/mol. The fourth-order valence-electron chi connectivity index (χ4n) is 1.34. The van der Waals surface area contributed by atoms with Gasteiger partial charge in [-0.1, -0.05) is 0 Å². The standard InChI is InChI=1S/C11H19N3O/c1-8-7-13-11(6-10(8)12)14-9(2)4-3-5-15/h6-7,9,15H,3-5H2,1-2H3,(H3,12,13,14). The van der Waals surface area contributed by atoms with Crippen LogP contribution in [0.25, 0.3) is 0 Å². The van der Waals surface area contributed by atoms with Crippen LogP contribution in [0.5, 0.6) is 0 Å². The summed E-state index contributed by atoms with van der Waals surface area (Å²) in [5, 5.41) is 11.9. The summed E-state index contributed by atoms with van der Waals surface area (Å²) in [5.74, 6) is 0.795. The van der Waals surface area contributed by atoms with Crippen molar-refractivity contribution in [2.45, 2.75) is 32.7 Å². The average molecular weight is 209 g/mol. The van der Waals surface area contributed by atoms with Crippen LogP contribution in [-0.4, -0.2) is 22.7 Å². The molecule has 0 aliphatic heterocycles. The minimum atomic E-state index is 0.232. The lowest BCUT2D eigenvalue weighted by atomic mass is 10.2. The molecule has 1 aromatic heterocycles. The van der Waals surface area contributed by atoms with Gasteiger partial charge in [0, 0.05) is 30.6 Å². The first kappa shape index (κ1) is 11.8. The fraction of sp³-hybridized carbons (Fsp3) is 0.545. The van der Waals surface area contributed by atoms with Crippen LogP contribution in [0.2, 0.25) is 0 Å². The van der Waals surface area contributed by atoms with Gasteiger partial charge in [0.2, 0.25) is 0 Å². The summed E-state index contributed by atoms with van der Waals surface area (Å²) in [6.07, 6.45) is 3.48. The number of anilines is 2. The van der Waals surface area contributed by atoms with E-state index in [9.17, 15) is 0 Å². The quantitative estimate of drug-likeness (QED) is 0.688. The number of pyridine rings is 1. The predicted octanol–water partition coefficient (Wildman–Crippen LogP) is 1.55. The molecule has 0 aliphatic rings. The molecule has 4 N–H and O–H groups in total. The second kappa shape index (κ2) is 5.56. The highest BCUT2D eigenvalue weighted by Gasteiger charge is 2.03. The van der Waals surface area contributed by atoms with Gasteiger partial charge in [0.1, 0.15) is 5.82 Å². The van der Waals surface area contributed by atoms with Crippen molar-refractivity contribution in [1.82, 2.24) is 4.98 Å². The van der Waals surface area contributed by atoms with Crippen LogP contribution in [-0.2, 0) is 0 Å². The molecule has 1 rings (SSSR count). The molecule has 15 heavy (non-hydrogen) atoms. The smallest absolute Gasteiger partial charge is 0.128 e. The molecule has 4 heteroatoms. The number of hydrogen-bond acceptors (Lipinski definition) is 4. The van der Waals surface area contributed by atoms with E-state index in [-0.39, 0.29) is 6.61 Å². The van der Waals surface area contributed by atoms with Crippen LogP contribution >= 0.6 is 0 Å². The molecule has 0 aliphatic carbocycles. The van der Waals surface area contributed by atoms with Gasteiger partial charge in [-0.05, 0) is 32.3 Å². The number of aromatic nitrogens is 1. The topological polar surface area (TPSA) is 71.2 Å². The number of aliphatic hydroxyl groups excluding tert-OH is 1. The normalized spacial score (nSPS) is 12.5. The van der Waals surface area contributed by atoms with Gasteiger partial charge in [0.25, 0.3) is 0 Å². The number of hydrogen-bond donors (Lipinski definition) is 3. The third kappa shape index (κ3) is 3.75. The molecule has 0 bridgehead atoms. The third-order valence-corrected chi connectivity index (χ3v) is 2.33. The van der Waals surface area contributed by atoms with Crippen molar-refractivity contribution in [2.24, 2.45) is 0 Å². The Kier molecular flexibility index (Phi) is 4.37. The lowest BCUT2D eigenvalue weighted by Crippen LogP contribution is -2.16. The summed E-state index contributed by atoms with van der Waals surface area (Å²) in [7, 11) is 0. The van der Waals surface area contributed by atoms with Crippen molar-refractivity contribution < 1.29 is 5.11 Å². The van der Waals surface area contributed by atoms with Crippen molar-refractivity contribution in [3.05, 3.63) is 17.8 Å². The molecule has 1 heterocycles. The Hall–Kier alpha value is -1.29. The summed E-state index contributed by atoms with van der Waals surface area (Å²) in [6, 6.07) is 2.14. The monoisotopic (exact) mass is 209 g/mol. The molecule has 0 saturated heterocycles. The Labute approximate surface area is 90.5 Å². The van der Waals surface area contributed by atoms with Crippen molar-refractivity contribution in [1.29, 1.82) is 0 Å². The summed E-state index contributed by atoms with van der Waals surface area (Å²) in [5.41, 5.74) is 7.52. The van der Waals surface area contributed by atoms with Gasteiger partial charge in [-0.25, -0.2) is 4.98 Å². The number of nitrogen functional groups attached to an aromatic ring is 1. The number of nitrogens with one attached hydrogen (secondary N) is 1. The summed E-state index contributed by atoms with van der Waals surface area (Å²) >= 11 is 0. The molecule has 1 aromatic rings. The van der Waals surface area contributed by atoms with Crippen molar-refractivity contribution >= 4 is 11.5 Å². The van der Waals surface area contributed by atoms with Gasteiger partial charge in [0.05, 0.1) is 0 Å². The number of nitrogens with two attached hydrogens (primary N) is 1. The second-order valence-electron chi connectivity index (χ2n) is 3.84. The largest absolute Gasteiger partial charge is 0.398 e. The first-order valence-electron chi connectivity index (χ1n) is 5.23. The van der Waals surface area contributed by atoms with Crippen LogP contribution in [0.1, 0.15) is 25.3 Å². The highest BCUT2D eigenvalue weighted by Crippen LogP contribution is 2.15. The van der Waals surface area contributed by atoms with Crippen LogP contribution in [0.15, 0.2) is 12.3 Å². The van der Waals surface area contributed by atoms with Gasteiger partial charge >= 0.3 is 0 Å². The van der Waals surface area contributed by atoms with E-state index < -0.39 is 0 Å². The lowest BCUT2D eigenvalue weighted by molar-refractivity contribution is 0.282. The van der Waals surface area contributed by atoms with E-state index in [0.29, 0.717) is 6.04 Å². The molecule has 1 atom stereocenters. The zero-order valence-corrected chi connectivity index (χ0v) is 9.33. The van der Waals surface area contributed by atoms with Crippen molar-refractivity contribution in [3.8, 4) is 0 Å². The number of aryl methyl sites for hydroxylation is 1. The maximum absolute atomic E-state index is 8.70. The maximum atomic E-state index is 8.70. The zero-order chi connectivity index (χ0) is 11.3. The van der Waals surface area contributed by atoms with Gasteiger partial charge in [0.15, 0.2) is 0 Å². The highest BCUT2D eigenvalue weighted by molar-refractivity contribution is 5.53. The van der Waals surface area contributed by atoms with E-state index in [1.54, 1.807) is 6.20 Å². The molecule has 0 aromatic carbocycles. The molecule has 1 unspecified atom stereocenters. The number of nitrogens with zero attached hydrogens (tertiary/aromatic N) is 1. The number of rotatable bonds is 5. The minimum Gasteiger partial charge on any atom is -0.398 e. The molecular formula is C11H19N3O. The molecule has 84 valence electrons. The van der Waals surface area contributed by atoms with Gasteiger partial charge in [-0.3, -0.25) is 0 Å². The van der Waals surface area contributed by atoms with Crippen LogP contribution in [0, 0.1) is 6.92 Å². The first-order chi connectivity index (χ1) is 7.13. The molecule has 0 fully saturated rings. The number of aliphatic hydroxyl groups is 1. The first-order valence-corrected chi connectivity index (χ1v) is 5.23. The fourth-order valence-corrected chi connectivity index (χ4v) is 1.34. The van der Waals surface area contributed by atoms with Crippen molar-refractivity contribution in [2.75, 3.05) is 17.7 Å². The highest BCUT2D eigenvalue weighted by atomic mass is 16.2.